The highest BCUT2D eigenvalue weighted by molar-refractivity contribution is 6.46. The average Bonchev–Trinajstić information content (AvgIpc) is 3.36. The molecule has 0 radical (unpaired) electrons. The van der Waals surface area contributed by atoms with E-state index in [-0.39, 0.29) is 24.5 Å². The van der Waals surface area contributed by atoms with E-state index < -0.39 is 17.7 Å². The molecule has 8 heteroatoms. The molecule has 2 aromatic carbocycles. The summed E-state index contributed by atoms with van der Waals surface area (Å²) in [5.41, 5.74) is 2.99. The van der Waals surface area contributed by atoms with Crippen LogP contribution < -0.4 is 9.64 Å². The van der Waals surface area contributed by atoms with Crippen molar-refractivity contribution in [3.05, 3.63) is 65.4 Å². The molecule has 170 valence electrons. The lowest BCUT2D eigenvalue weighted by molar-refractivity contribution is -0.140. The Bertz CT molecular complexity index is 1280. The fourth-order valence-corrected chi connectivity index (χ4v) is 4.60. The number of methoxy groups -OCH3 is 1. The number of Topliss-reactive ketones (excluding diaryl/α,β-unsaturated/α-hetero) is 1. The highest BCUT2D eigenvalue weighted by atomic mass is 16.5. The largest absolute Gasteiger partial charge is 0.507 e. The number of ketones is 1. The maximum absolute atomic E-state index is 13.2. The number of amides is 1. The smallest absolute Gasteiger partial charge is 0.295 e. The van der Waals surface area contributed by atoms with Gasteiger partial charge in [-0.2, -0.15) is 0 Å². The lowest BCUT2D eigenvalue weighted by Crippen LogP contribution is -2.32. The maximum atomic E-state index is 13.2. The first-order valence-electron chi connectivity index (χ1n) is 10.8. The molecule has 0 saturated carbocycles. The van der Waals surface area contributed by atoms with Gasteiger partial charge in [0.25, 0.3) is 11.7 Å². The normalized spacial score (nSPS) is 19.8. The number of aromatic amines is 1. The van der Waals surface area contributed by atoms with Crippen LogP contribution in [0.15, 0.2) is 54.2 Å². The minimum Gasteiger partial charge on any atom is -0.507 e. The van der Waals surface area contributed by atoms with Crippen LogP contribution in [0.3, 0.4) is 0 Å². The van der Waals surface area contributed by atoms with Gasteiger partial charge in [-0.25, -0.2) is 0 Å². The molecule has 0 aliphatic carbocycles. The summed E-state index contributed by atoms with van der Waals surface area (Å²) in [5, 5.41) is 12.2. The Hall–Kier alpha value is -3.78. The van der Waals surface area contributed by atoms with Gasteiger partial charge in [0.05, 0.1) is 30.5 Å². The number of aliphatic hydroxyl groups excluding tert-OH is 1. The minimum absolute atomic E-state index is 0.0696. The van der Waals surface area contributed by atoms with E-state index in [4.69, 9.17) is 9.47 Å². The van der Waals surface area contributed by atoms with Crippen LogP contribution in [0, 0.1) is 0 Å². The van der Waals surface area contributed by atoms with E-state index in [0.717, 1.165) is 22.2 Å². The predicted molar refractivity (Wildman–Crippen MR) is 124 cm³/mol. The molecular formula is C25H25N3O5. The zero-order chi connectivity index (χ0) is 23.1. The molecule has 1 unspecified atom stereocenters. The molecule has 1 fully saturated rings. The zero-order valence-electron chi connectivity index (χ0n) is 18.5. The first-order valence-corrected chi connectivity index (χ1v) is 10.8. The second kappa shape index (κ2) is 8.29. The fraction of sp³-hybridized carbons (Fsp3) is 0.280. The number of likely N-dealkylation sites (tertiary alicyclic amines) is 1. The first-order chi connectivity index (χ1) is 16.0. The van der Waals surface area contributed by atoms with Crippen molar-refractivity contribution in [1.82, 2.24) is 9.88 Å². The summed E-state index contributed by atoms with van der Waals surface area (Å²) >= 11 is 0. The summed E-state index contributed by atoms with van der Waals surface area (Å²) in [6.45, 7) is 1.80. The van der Waals surface area contributed by atoms with Crippen LogP contribution >= 0.6 is 0 Å². The second-order valence-electron chi connectivity index (χ2n) is 8.23. The Labute approximate surface area is 191 Å². The van der Waals surface area contributed by atoms with E-state index in [1.54, 1.807) is 31.5 Å². The minimum atomic E-state index is -0.735. The van der Waals surface area contributed by atoms with Crippen molar-refractivity contribution >= 4 is 34.0 Å². The third-order valence-electron chi connectivity index (χ3n) is 6.32. The number of ether oxygens (including phenoxy) is 2. The molecule has 0 bridgehead atoms. The summed E-state index contributed by atoms with van der Waals surface area (Å²) in [4.78, 5) is 32.9. The van der Waals surface area contributed by atoms with Gasteiger partial charge < -0.3 is 29.4 Å². The molecule has 0 spiro atoms. The van der Waals surface area contributed by atoms with Gasteiger partial charge >= 0.3 is 0 Å². The number of carbonyl (C=O) groups is 2. The lowest BCUT2D eigenvalue weighted by atomic mass is 9.94. The fourth-order valence-electron chi connectivity index (χ4n) is 4.60. The Morgan fingerprint density at radius 1 is 1.24 bits per heavy atom. The van der Waals surface area contributed by atoms with E-state index in [1.165, 1.54) is 4.90 Å². The molecular weight excluding hydrogens is 422 g/mol. The van der Waals surface area contributed by atoms with E-state index in [0.29, 0.717) is 24.5 Å². The van der Waals surface area contributed by atoms with Gasteiger partial charge in [-0.05, 0) is 24.3 Å². The number of aromatic nitrogens is 1. The number of anilines is 1. The van der Waals surface area contributed by atoms with Crippen LogP contribution in [-0.2, 0) is 14.3 Å². The van der Waals surface area contributed by atoms with Gasteiger partial charge in [0, 0.05) is 48.9 Å². The number of benzene rings is 2. The van der Waals surface area contributed by atoms with Crippen molar-refractivity contribution in [3.63, 3.8) is 0 Å². The van der Waals surface area contributed by atoms with Gasteiger partial charge in [0.1, 0.15) is 18.1 Å². The average molecular weight is 447 g/mol. The topological polar surface area (TPSA) is 95.1 Å². The number of fused-ring (bicyclic) bond motifs is 2. The zero-order valence-corrected chi connectivity index (χ0v) is 18.5. The van der Waals surface area contributed by atoms with Crippen molar-refractivity contribution in [3.8, 4) is 5.75 Å². The van der Waals surface area contributed by atoms with Crippen molar-refractivity contribution in [1.29, 1.82) is 0 Å². The lowest BCUT2D eigenvalue weighted by Gasteiger charge is -2.28. The molecule has 2 aliphatic rings. The number of hydrogen-bond acceptors (Lipinski definition) is 6. The monoisotopic (exact) mass is 447 g/mol. The number of hydrogen-bond donors (Lipinski definition) is 2. The standard InChI is InChI=1S/C25H25N3O5/c1-27-9-12-33-20-8-7-15(13-19(20)27)23(29)21-22(28(10-11-32-2)25(31)24(21)30)17-14-26-18-6-4-3-5-16(17)18/h3-8,13-14,22,26,29H,9-12H2,1-2H3/b23-21+. The van der Waals surface area contributed by atoms with E-state index in [2.05, 4.69) is 4.98 Å². The Morgan fingerprint density at radius 2 is 2.06 bits per heavy atom. The van der Waals surface area contributed by atoms with Crippen LogP contribution in [0.4, 0.5) is 5.69 Å². The number of H-pyrrole nitrogens is 1. The molecule has 33 heavy (non-hydrogen) atoms. The molecule has 1 atom stereocenters. The maximum Gasteiger partial charge on any atom is 0.295 e. The Kier molecular flexibility index (Phi) is 5.30. The Morgan fingerprint density at radius 3 is 2.88 bits per heavy atom. The van der Waals surface area contributed by atoms with Crippen molar-refractivity contribution in [2.75, 3.05) is 45.4 Å². The molecule has 1 amide bonds. The Balaban J connectivity index is 1.68. The molecule has 2 N–H and O–H groups in total. The van der Waals surface area contributed by atoms with Gasteiger partial charge in [0.2, 0.25) is 0 Å². The van der Waals surface area contributed by atoms with Crippen molar-refractivity contribution in [2.45, 2.75) is 6.04 Å². The number of likely N-dealkylation sites (N-methyl/N-ethyl adjacent to an activating group) is 1. The molecule has 1 aromatic heterocycles. The van der Waals surface area contributed by atoms with Crippen LogP contribution in [0.5, 0.6) is 5.75 Å². The van der Waals surface area contributed by atoms with E-state index in [9.17, 15) is 14.7 Å². The number of nitrogens with one attached hydrogen (secondary N) is 1. The number of nitrogens with zero attached hydrogens (tertiary/aromatic N) is 2. The summed E-state index contributed by atoms with van der Waals surface area (Å²) in [6.07, 6.45) is 1.79. The van der Waals surface area contributed by atoms with Gasteiger partial charge in [-0.3, -0.25) is 9.59 Å². The van der Waals surface area contributed by atoms with Gasteiger partial charge in [0.15, 0.2) is 0 Å². The van der Waals surface area contributed by atoms with Crippen LogP contribution in [0.2, 0.25) is 0 Å². The predicted octanol–water partition coefficient (Wildman–Crippen LogP) is 3.06. The number of rotatable bonds is 5. The third-order valence-corrected chi connectivity index (χ3v) is 6.32. The number of carbonyl (C=O) groups excluding carboxylic acids is 2. The molecule has 8 nitrogen and oxygen atoms in total. The highest BCUT2D eigenvalue weighted by Crippen LogP contribution is 2.43. The van der Waals surface area contributed by atoms with Crippen molar-refractivity contribution < 1.29 is 24.2 Å². The van der Waals surface area contributed by atoms with Gasteiger partial charge in [-0.1, -0.05) is 18.2 Å². The van der Waals surface area contributed by atoms with Gasteiger partial charge in [-0.15, -0.1) is 0 Å². The van der Waals surface area contributed by atoms with E-state index >= 15 is 0 Å². The number of para-hydroxylation sites is 1. The summed E-state index contributed by atoms with van der Waals surface area (Å²) in [7, 11) is 3.49. The second-order valence-corrected chi connectivity index (χ2v) is 8.23. The summed E-state index contributed by atoms with van der Waals surface area (Å²) in [5.74, 6) is -0.845. The summed E-state index contributed by atoms with van der Waals surface area (Å²) in [6, 6.07) is 12.2. The molecule has 1 saturated heterocycles. The van der Waals surface area contributed by atoms with Crippen LogP contribution in [0.1, 0.15) is 17.2 Å². The molecule has 3 heterocycles. The molecule has 3 aromatic rings. The summed E-state index contributed by atoms with van der Waals surface area (Å²) < 4.78 is 10.9. The molecule has 5 rings (SSSR count). The number of aliphatic hydroxyl groups is 1. The third kappa shape index (κ3) is 3.43. The van der Waals surface area contributed by atoms with Crippen LogP contribution in [-0.4, -0.2) is 67.1 Å². The highest BCUT2D eigenvalue weighted by Gasteiger charge is 2.46. The quantitative estimate of drug-likeness (QED) is 0.355. The van der Waals surface area contributed by atoms with Crippen molar-refractivity contribution in [2.24, 2.45) is 0 Å². The van der Waals surface area contributed by atoms with Crippen LogP contribution in [0.25, 0.3) is 16.7 Å². The SMILES string of the molecule is COCCN1C(=O)C(=O)/C(=C(/O)c2ccc3c(c2)N(C)CCO3)C1c1c[nH]c2ccccc12. The first kappa shape index (κ1) is 21.1. The van der Waals surface area contributed by atoms with E-state index in [1.807, 2.05) is 36.2 Å². The molecule has 2 aliphatic heterocycles.